The molecule has 1 fully saturated rings. The van der Waals surface area contributed by atoms with Crippen molar-refractivity contribution in [1.29, 1.82) is 5.26 Å². The highest BCUT2D eigenvalue weighted by molar-refractivity contribution is 9.10. The van der Waals surface area contributed by atoms with Gasteiger partial charge in [0.1, 0.15) is 11.3 Å². The molecular weight excluding hydrogens is 298 g/mol. The molecule has 2 N–H and O–H groups in total. The number of hydrogen-bond acceptors (Lipinski definition) is 3. The molecule has 1 saturated heterocycles. The van der Waals surface area contributed by atoms with Crippen LogP contribution in [-0.4, -0.2) is 18.4 Å². The number of rotatable bonds is 0. The highest BCUT2D eigenvalue weighted by atomic mass is 79.9. The summed E-state index contributed by atoms with van der Waals surface area (Å²) < 4.78 is 0.813. The van der Waals surface area contributed by atoms with E-state index in [-0.39, 0.29) is 18.4 Å². The van der Waals surface area contributed by atoms with E-state index in [0.717, 1.165) is 4.47 Å². The summed E-state index contributed by atoms with van der Waals surface area (Å²) in [6.45, 7) is 0.166. The van der Waals surface area contributed by atoms with E-state index in [1.165, 1.54) is 0 Å². The van der Waals surface area contributed by atoms with Gasteiger partial charge in [-0.25, -0.2) is 0 Å². The van der Waals surface area contributed by atoms with Gasteiger partial charge in [0, 0.05) is 16.7 Å². The monoisotopic (exact) mass is 305 g/mol. The first-order chi connectivity index (χ1) is 8.59. The number of carbonyl (C=O) groups is 2. The summed E-state index contributed by atoms with van der Waals surface area (Å²) in [6.07, 6.45) is 0. The molecule has 2 aliphatic rings. The molecule has 2 atom stereocenters. The van der Waals surface area contributed by atoms with Crippen molar-refractivity contribution < 1.29 is 9.59 Å². The Bertz CT molecular complexity index is 622. The zero-order valence-corrected chi connectivity index (χ0v) is 10.7. The van der Waals surface area contributed by atoms with Crippen molar-refractivity contribution in [3.05, 3.63) is 28.2 Å². The molecule has 6 heteroatoms. The lowest BCUT2D eigenvalue weighted by atomic mass is 9.74. The van der Waals surface area contributed by atoms with E-state index in [1.807, 2.05) is 12.1 Å². The summed E-state index contributed by atoms with van der Waals surface area (Å²) in [5, 5.41) is 14.5. The molecule has 0 saturated carbocycles. The molecule has 18 heavy (non-hydrogen) atoms. The minimum atomic E-state index is -1.09. The van der Waals surface area contributed by atoms with E-state index in [9.17, 15) is 14.9 Å². The van der Waals surface area contributed by atoms with Gasteiger partial charge in [0.15, 0.2) is 0 Å². The number of hydrogen-bond donors (Lipinski definition) is 2. The SMILES string of the molecule is N#C[C@@H]1C(=O)NC[C@]12C(=O)Nc1ccc(Br)cc12. The highest BCUT2D eigenvalue weighted by Crippen LogP contribution is 2.46. The number of benzene rings is 1. The van der Waals surface area contributed by atoms with E-state index < -0.39 is 11.3 Å². The predicted octanol–water partition coefficient (Wildman–Crippen LogP) is 0.909. The fourth-order valence-corrected chi connectivity index (χ4v) is 3.00. The second-order valence-electron chi connectivity index (χ2n) is 4.40. The molecule has 1 aromatic carbocycles. The van der Waals surface area contributed by atoms with Gasteiger partial charge < -0.3 is 10.6 Å². The van der Waals surface area contributed by atoms with Crippen molar-refractivity contribution in [3.63, 3.8) is 0 Å². The normalized spacial score (nSPS) is 28.8. The fourth-order valence-electron chi connectivity index (χ4n) is 2.64. The third-order valence-corrected chi connectivity index (χ3v) is 4.03. The van der Waals surface area contributed by atoms with Crippen LogP contribution >= 0.6 is 15.9 Å². The third-order valence-electron chi connectivity index (χ3n) is 3.54. The molecule has 5 nitrogen and oxygen atoms in total. The maximum absolute atomic E-state index is 12.2. The number of anilines is 1. The van der Waals surface area contributed by atoms with Gasteiger partial charge in [-0.1, -0.05) is 15.9 Å². The zero-order valence-electron chi connectivity index (χ0n) is 9.16. The van der Waals surface area contributed by atoms with Gasteiger partial charge in [0.2, 0.25) is 11.8 Å². The Labute approximate surface area is 111 Å². The molecular formula is C12H8BrN3O2. The Morgan fingerprint density at radius 1 is 1.44 bits per heavy atom. The van der Waals surface area contributed by atoms with Crippen molar-refractivity contribution >= 4 is 33.4 Å². The third kappa shape index (κ3) is 1.20. The smallest absolute Gasteiger partial charge is 0.238 e. The van der Waals surface area contributed by atoms with Crippen LogP contribution in [0.1, 0.15) is 5.56 Å². The van der Waals surface area contributed by atoms with Crippen molar-refractivity contribution in [2.45, 2.75) is 5.41 Å². The van der Waals surface area contributed by atoms with Gasteiger partial charge in [0.05, 0.1) is 6.07 Å². The van der Waals surface area contributed by atoms with Crippen LogP contribution < -0.4 is 10.6 Å². The van der Waals surface area contributed by atoms with E-state index in [1.54, 1.807) is 12.1 Å². The summed E-state index contributed by atoms with van der Waals surface area (Å²) >= 11 is 3.34. The molecule has 3 rings (SSSR count). The largest absolute Gasteiger partial charge is 0.353 e. The van der Waals surface area contributed by atoms with Gasteiger partial charge in [-0.3, -0.25) is 9.59 Å². The summed E-state index contributed by atoms with van der Waals surface area (Å²) in [6, 6.07) is 7.31. The quantitative estimate of drug-likeness (QED) is 0.747. The highest BCUT2D eigenvalue weighted by Gasteiger charge is 2.59. The lowest BCUT2D eigenvalue weighted by Crippen LogP contribution is -2.41. The minimum Gasteiger partial charge on any atom is -0.353 e. The Morgan fingerprint density at radius 2 is 2.22 bits per heavy atom. The van der Waals surface area contributed by atoms with E-state index in [2.05, 4.69) is 26.6 Å². The van der Waals surface area contributed by atoms with Crippen molar-refractivity contribution in [1.82, 2.24) is 5.32 Å². The van der Waals surface area contributed by atoms with Gasteiger partial charge in [-0.15, -0.1) is 0 Å². The topological polar surface area (TPSA) is 82.0 Å². The summed E-state index contributed by atoms with van der Waals surface area (Å²) in [5.41, 5.74) is 0.275. The van der Waals surface area contributed by atoms with Crippen LogP contribution in [0.4, 0.5) is 5.69 Å². The molecule has 0 bridgehead atoms. The lowest BCUT2D eigenvalue weighted by Gasteiger charge is -2.22. The minimum absolute atomic E-state index is 0.166. The first kappa shape index (κ1) is 11.2. The average Bonchev–Trinajstić information content (AvgIpc) is 2.81. The summed E-state index contributed by atoms with van der Waals surface area (Å²) in [5.74, 6) is -1.66. The van der Waals surface area contributed by atoms with Crippen LogP contribution in [0.15, 0.2) is 22.7 Å². The number of nitriles is 1. The first-order valence-electron chi connectivity index (χ1n) is 5.38. The van der Waals surface area contributed by atoms with Crippen LogP contribution in [0.2, 0.25) is 0 Å². The number of halogens is 1. The average molecular weight is 306 g/mol. The molecule has 2 aliphatic heterocycles. The number of fused-ring (bicyclic) bond motifs is 2. The van der Waals surface area contributed by atoms with Crippen LogP contribution in [0.5, 0.6) is 0 Å². The zero-order chi connectivity index (χ0) is 12.9. The number of nitrogens with one attached hydrogen (secondary N) is 2. The second-order valence-corrected chi connectivity index (χ2v) is 5.31. The second kappa shape index (κ2) is 3.56. The maximum atomic E-state index is 12.2. The van der Waals surface area contributed by atoms with Crippen molar-refractivity contribution in [2.24, 2.45) is 5.92 Å². The molecule has 0 unspecified atom stereocenters. The maximum Gasteiger partial charge on any atom is 0.238 e. The van der Waals surface area contributed by atoms with Gasteiger partial charge in [-0.2, -0.15) is 5.26 Å². The molecule has 0 radical (unpaired) electrons. The molecule has 0 aliphatic carbocycles. The Hall–Kier alpha value is -1.87. The van der Waals surface area contributed by atoms with E-state index >= 15 is 0 Å². The van der Waals surface area contributed by atoms with Crippen molar-refractivity contribution in [3.8, 4) is 6.07 Å². The van der Waals surface area contributed by atoms with Crippen molar-refractivity contribution in [2.75, 3.05) is 11.9 Å². The standard InChI is InChI=1S/C12H8BrN3O2/c13-6-1-2-9-7(3-6)12(11(18)16-9)5-15-10(17)8(12)4-14/h1-3,8H,5H2,(H,15,17)(H,16,18)/t8-,12-/m1/s1. The van der Waals surface area contributed by atoms with Gasteiger partial charge >= 0.3 is 0 Å². The van der Waals surface area contributed by atoms with Crippen LogP contribution in [0, 0.1) is 17.2 Å². The molecule has 1 spiro atoms. The number of nitrogens with zero attached hydrogens (tertiary/aromatic N) is 1. The van der Waals surface area contributed by atoms with Crippen LogP contribution in [0.3, 0.4) is 0 Å². The molecule has 2 amide bonds. The van der Waals surface area contributed by atoms with Gasteiger partial charge in [-0.05, 0) is 23.8 Å². The molecule has 90 valence electrons. The first-order valence-corrected chi connectivity index (χ1v) is 6.18. The Morgan fingerprint density at radius 3 is 2.94 bits per heavy atom. The van der Waals surface area contributed by atoms with Crippen LogP contribution in [0.25, 0.3) is 0 Å². The Kier molecular flexibility index (Phi) is 2.22. The molecule has 1 aromatic rings. The molecule has 2 heterocycles. The fraction of sp³-hybridized carbons (Fsp3) is 0.250. The Balaban J connectivity index is 2.25. The van der Waals surface area contributed by atoms with E-state index in [0.29, 0.717) is 11.3 Å². The lowest BCUT2D eigenvalue weighted by molar-refractivity contribution is -0.126. The molecule has 0 aromatic heterocycles. The van der Waals surface area contributed by atoms with Crippen LogP contribution in [-0.2, 0) is 15.0 Å². The van der Waals surface area contributed by atoms with E-state index in [4.69, 9.17) is 0 Å². The number of carbonyl (C=O) groups excluding carboxylic acids is 2. The predicted molar refractivity (Wildman–Crippen MR) is 66.6 cm³/mol. The number of amides is 2. The summed E-state index contributed by atoms with van der Waals surface area (Å²) in [7, 11) is 0. The summed E-state index contributed by atoms with van der Waals surface area (Å²) in [4.78, 5) is 23.9. The van der Waals surface area contributed by atoms with Gasteiger partial charge in [0.25, 0.3) is 0 Å².